The highest BCUT2D eigenvalue weighted by atomic mass is 16.5. The zero-order valence-electron chi connectivity index (χ0n) is 17.6. The van der Waals surface area contributed by atoms with Crippen molar-refractivity contribution < 1.29 is 24.5 Å². The van der Waals surface area contributed by atoms with Gasteiger partial charge in [0.1, 0.15) is 12.4 Å². The number of rotatable bonds is 5. The minimum absolute atomic E-state index is 0.131. The average Bonchev–Trinajstić information content (AvgIpc) is 3.41. The van der Waals surface area contributed by atoms with E-state index in [-0.39, 0.29) is 24.5 Å². The highest BCUT2D eigenvalue weighted by Gasteiger charge is 2.49. The van der Waals surface area contributed by atoms with E-state index in [9.17, 15) is 9.90 Å². The molecule has 1 amide bonds. The standard InChI is InChI=1S/C19H28N6O3.CH2O2/c1-18(27)14-19(3-9-24(10-4-19)11-16-20-6-7-21-16)28-13-15(18)23-17(26)12-25-8-2-5-22-25;2-1-3/h2,5-8,15,27H,3-4,9-14H2,1H3,(H,20,21)(H,23,26);1H,(H,2,3)/t15-,18-;/m0./s1. The predicted molar refractivity (Wildman–Crippen MR) is 110 cm³/mol. The van der Waals surface area contributed by atoms with Gasteiger partial charge in [-0.2, -0.15) is 5.10 Å². The summed E-state index contributed by atoms with van der Waals surface area (Å²) in [6.07, 6.45) is 9.21. The first-order chi connectivity index (χ1) is 14.9. The number of aliphatic hydroxyl groups is 1. The lowest BCUT2D eigenvalue weighted by molar-refractivity contribution is -0.189. The number of hydrogen-bond acceptors (Lipinski definition) is 7. The second-order valence-corrected chi connectivity index (χ2v) is 8.27. The molecule has 4 heterocycles. The third kappa shape index (κ3) is 6.12. The fourth-order valence-corrected chi connectivity index (χ4v) is 4.28. The van der Waals surface area contributed by atoms with Gasteiger partial charge in [0.2, 0.25) is 5.91 Å². The summed E-state index contributed by atoms with van der Waals surface area (Å²) in [5.74, 6) is 0.786. The van der Waals surface area contributed by atoms with Crippen LogP contribution in [0.2, 0.25) is 0 Å². The summed E-state index contributed by atoms with van der Waals surface area (Å²) >= 11 is 0. The molecule has 170 valence electrons. The first kappa shape index (κ1) is 22.9. The lowest BCUT2D eigenvalue weighted by Crippen LogP contribution is -2.64. The third-order valence-corrected chi connectivity index (χ3v) is 5.88. The molecule has 2 aromatic rings. The molecule has 0 radical (unpaired) electrons. The number of carboxylic acid groups (broad SMARTS) is 1. The van der Waals surface area contributed by atoms with Gasteiger partial charge in [0.05, 0.1) is 30.4 Å². The van der Waals surface area contributed by atoms with Crippen LogP contribution in [0.5, 0.6) is 0 Å². The summed E-state index contributed by atoms with van der Waals surface area (Å²) in [5.41, 5.74) is -1.34. The lowest BCUT2D eigenvalue weighted by atomic mass is 9.75. The minimum atomic E-state index is -1.01. The minimum Gasteiger partial charge on any atom is -0.483 e. The molecular weight excluding hydrogens is 404 g/mol. The van der Waals surface area contributed by atoms with Gasteiger partial charge in [0, 0.05) is 44.3 Å². The van der Waals surface area contributed by atoms with Gasteiger partial charge in [-0.25, -0.2) is 4.98 Å². The molecule has 2 fully saturated rings. The van der Waals surface area contributed by atoms with Crippen LogP contribution in [0, 0.1) is 0 Å². The number of amides is 1. The van der Waals surface area contributed by atoms with Crippen molar-refractivity contribution in [2.45, 2.75) is 56.5 Å². The van der Waals surface area contributed by atoms with Crippen molar-refractivity contribution in [2.75, 3.05) is 19.7 Å². The second kappa shape index (κ2) is 10.0. The number of carbonyl (C=O) groups is 2. The number of nitrogens with one attached hydrogen (secondary N) is 2. The van der Waals surface area contributed by atoms with Crippen LogP contribution in [-0.2, 0) is 27.4 Å². The average molecular weight is 434 g/mol. The summed E-state index contributed by atoms with van der Waals surface area (Å²) in [4.78, 5) is 30.4. The molecule has 11 nitrogen and oxygen atoms in total. The largest absolute Gasteiger partial charge is 0.483 e. The summed E-state index contributed by atoms with van der Waals surface area (Å²) in [6.45, 7) is 4.58. The SMILES string of the molecule is C[C@]1(O)CC2(CCN(Cc3ncc[nH]3)CC2)OC[C@@H]1NC(=O)Cn1cccn1.O=CO. The van der Waals surface area contributed by atoms with E-state index in [4.69, 9.17) is 14.6 Å². The Labute approximate surface area is 180 Å². The molecule has 0 unspecified atom stereocenters. The van der Waals surface area contributed by atoms with Crippen LogP contribution in [0.25, 0.3) is 0 Å². The van der Waals surface area contributed by atoms with E-state index in [2.05, 4.69) is 25.3 Å². The van der Waals surface area contributed by atoms with Crippen LogP contribution < -0.4 is 5.32 Å². The molecule has 0 aliphatic carbocycles. The molecule has 0 bridgehead atoms. The molecule has 2 aliphatic rings. The molecule has 4 rings (SSSR count). The number of carbonyl (C=O) groups excluding carboxylic acids is 1. The van der Waals surface area contributed by atoms with E-state index in [1.807, 2.05) is 6.20 Å². The number of hydrogen-bond donors (Lipinski definition) is 4. The van der Waals surface area contributed by atoms with E-state index in [1.54, 1.807) is 36.3 Å². The Kier molecular flexibility index (Phi) is 7.42. The number of H-pyrrole nitrogens is 1. The Balaban J connectivity index is 0.000000858. The normalized spacial score (nSPS) is 25.4. The first-order valence-corrected chi connectivity index (χ1v) is 10.3. The smallest absolute Gasteiger partial charge is 0.290 e. The molecule has 4 N–H and O–H groups in total. The van der Waals surface area contributed by atoms with E-state index in [0.29, 0.717) is 13.0 Å². The fourth-order valence-electron chi connectivity index (χ4n) is 4.28. The fraction of sp³-hybridized carbons (Fsp3) is 0.600. The molecule has 1 spiro atoms. The van der Waals surface area contributed by atoms with E-state index in [0.717, 1.165) is 38.3 Å². The van der Waals surface area contributed by atoms with Crippen molar-refractivity contribution in [2.24, 2.45) is 0 Å². The molecule has 2 aromatic heterocycles. The molecular formula is C20H30N6O5. The number of aromatic nitrogens is 4. The molecule has 2 aliphatic heterocycles. The van der Waals surface area contributed by atoms with E-state index < -0.39 is 11.6 Å². The summed E-state index contributed by atoms with van der Waals surface area (Å²) in [6, 6.07) is 1.34. The number of ether oxygens (including phenoxy) is 1. The van der Waals surface area contributed by atoms with Gasteiger partial charge in [-0.3, -0.25) is 19.2 Å². The van der Waals surface area contributed by atoms with Crippen molar-refractivity contribution in [3.63, 3.8) is 0 Å². The van der Waals surface area contributed by atoms with Gasteiger partial charge in [0.15, 0.2) is 0 Å². The Bertz CT molecular complexity index is 815. The van der Waals surface area contributed by atoms with Crippen LogP contribution in [0.15, 0.2) is 30.9 Å². The van der Waals surface area contributed by atoms with Crippen molar-refractivity contribution in [3.8, 4) is 0 Å². The summed E-state index contributed by atoms with van der Waals surface area (Å²) < 4.78 is 7.79. The van der Waals surface area contributed by atoms with Crippen molar-refractivity contribution in [1.29, 1.82) is 0 Å². The Hall–Kier alpha value is -2.76. The van der Waals surface area contributed by atoms with Crippen LogP contribution in [0.3, 0.4) is 0 Å². The number of likely N-dealkylation sites (tertiary alicyclic amines) is 1. The molecule has 11 heteroatoms. The summed E-state index contributed by atoms with van der Waals surface area (Å²) in [7, 11) is 0. The van der Waals surface area contributed by atoms with Gasteiger partial charge < -0.3 is 25.3 Å². The molecule has 2 saturated heterocycles. The summed E-state index contributed by atoms with van der Waals surface area (Å²) in [5, 5.41) is 24.9. The van der Waals surface area contributed by atoms with Crippen LogP contribution in [0.4, 0.5) is 0 Å². The van der Waals surface area contributed by atoms with Crippen LogP contribution in [0.1, 0.15) is 32.0 Å². The zero-order valence-corrected chi connectivity index (χ0v) is 17.6. The number of piperidine rings is 1. The molecule has 0 saturated carbocycles. The highest BCUT2D eigenvalue weighted by molar-refractivity contribution is 5.76. The van der Waals surface area contributed by atoms with Crippen molar-refractivity contribution >= 4 is 12.4 Å². The van der Waals surface area contributed by atoms with Crippen LogP contribution in [-0.4, -0.2) is 84.2 Å². The quantitative estimate of drug-likeness (QED) is 0.481. The van der Waals surface area contributed by atoms with Crippen LogP contribution >= 0.6 is 0 Å². The predicted octanol–water partition coefficient (Wildman–Crippen LogP) is -0.00210. The first-order valence-electron chi connectivity index (χ1n) is 10.3. The number of aromatic amines is 1. The molecule has 31 heavy (non-hydrogen) atoms. The Morgan fingerprint density at radius 3 is 2.74 bits per heavy atom. The van der Waals surface area contributed by atoms with E-state index in [1.165, 1.54) is 0 Å². The molecule has 2 atom stereocenters. The van der Waals surface area contributed by atoms with Crippen molar-refractivity contribution in [3.05, 3.63) is 36.7 Å². The third-order valence-electron chi connectivity index (χ3n) is 5.88. The van der Waals surface area contributed by atoms with Gasteiger partial charge in [-0.05, 0) is 25.8 Å². The number of imidazole rings is 1. The lowest BCUT2D eigenvalue weighted by Gasteiger charge is -2.51. The Morgan fingerprint density at radius 2 is 2.16 bits per heavy atom. The van der Waals surface area contributed by atoms with Gasteiger partial charge >= 0.3 is 0 Å². The highest BCUT2D eigenvalue weighted by Crippen LogP contribution is 2.39. The topological polar surface area (TPSA) is 146 Å². The monoisotopic (exact) mass is 434 g/mol. The molecule has 0 aromatic carbocycles. The second-order valence-electron chi connectivity index (χ2n) is 8.27. The van der Waals surface area contributed by atoms with Crippen molar-refractivity contribution in [1.82, 2.24) is 30.0 Å². The van der Waals surface area contributed by atoms with E-state index >= 15 is 0 Å². The van der Waals surface area contributed by atoms with Gasteiger partial charge in [-0.15, -0.1) is 0 Å². The zero-order chi connectivity index (χ0) is 22.3. The number of nitrogens with zero attached hydrogens (tertiary/aromatic N) is 4. The maximum Gasteiger partial charge on any atom is 0.290 e. The maximum atomic E-state index is 12.3. The Morgan fingerprint density at radius 1 is 1.42 bits per heavy atom. The maximum absolute atomic E-state index is 12.3. The van der Waals surface area contributed by atoms with Gasteiger partial charge in [0.25, 0.3) is 6.47 Å². The van der Waals surface area contributed by atoms with Gasteiger partial charge in [-0.1, -0.05) is 0 Å².